The van der Waals surface area contributed by atoms with E-state index in [1.165, 1.54) is 31.9 Å². The van der Waals surface area contributed by atoms with E-state index in [1.54, 1.807) is 4.31 Å². The molecular formula is C12H23NO2S. The molecule has 0 N–H and O–H groups in total. The Morgan fingerprint density at radius 2 is 1.69 bits per heavy atom. The Kier molecular flexibility index (Phi) is 3.08. The Labute approximate surface area is 99.3 Å². The van der Waals surface area contributed by atoms with Crippen LogP contribution in [-0.4, -0.2) is 32.1 Å². The molecule has 1 spiro atoms. The van der Waals surface area contributed by atoms with E-state index in [4.69, 9.17) is 0 Å². The quantitative estimate of drug-likeness (QED) is 0.747. The average molecular weight is 245 g/mol. The number of hydrogen-bond acceptors (Lipinski definition) is 2. The summed E-state index contributed by atoms with van der Waals surface area (Å²) in [6, 6.07) is 0. The topological polar surface area (TPSA) is 37.4 Å². The third-order valence-electron chi connectivity index (χ3n) is 4.53. The van der Waals surface area contributed by atoms with Gasteiger partial charge in [-0.2, -0.15) is 0 Å². The third-order valence-corrected chi connectivity index (χ3v) is 5.72. The first-order valence-corrected chi connectivity index (χ1v) is 8.12. The fraction of sp³-hybridized carbons (Fsp3) is 1.00. The molecule has 0 atom stereocenters. The maximum absolute atomic E-state index is 11.3. The summed E-state index contributed by atoms with van der Waals surface area (Å²) in [6.07, 6.45) is 6.34. The van der Waals surface area contributed by atoms with Crippen LogP contribution < -0.4 is 0 Å². The van der Waals surface area contributed by atoms with E-state index < -0.39 is 10.0 Å². The van der Waals surface area contributed by atoms with Crippen molar-refractivity contribution in [2.45, 2.75) is 39.5 Å². The largest absolute Gasteiger partial charge is 0.213 e. The van der Waals surface area contributed by atoms with Crippen molar-refractivity contribution in [1.82, 2.24) is 4.31 Å². The lowest BCUT2D eigenvalue weighted by Crippen LogP contribution is -2.59. The SMILES string of the molecule is CC(C)C1CCC2(CC1)CN(S(C)(=O)=O)C2. The molecule has 0 amide bonds. The van der Waals surface area contributed by atoms with Crippen molar-refractivity contribution in [3.63, 3.8) is 0 Å². The van der Waals surface area contributed by atoms with Gasteiger partial charge in [-0.05, 0) is 42.9 Å². The zero-order valence-electron chi connectivity index (χ0n) is 10.6. The molecule has 1 saturated heterocycles. The molecule has 3 nitrogen and oxygen atoms in total. The first-order chi connectivity index (χ1) is 7.32. The van der Waals surface area contributed by atoms with Gasteiger partial charge in [0, 0.05) is 13.1 Å². The molecule has 0 aromatic heterocycles. The molecule has 1 saturated carbocycles. The smallest absolute Gasteiger partial charge is 0.211 e. The number of nitrogens with zero attached hydrogens (tertiary/aromatic N) is 1. The van der Waals surface area contributed by atoms with Gasteiger partial charge in [-0.15, -0.1) is 0 Å². The van der Waals surface area contributed by atoms with Crippen LogP contribution >= 0.6 is 0 Å². The minimum absolute atomic E-state index is 0.342. The average Bonchev–Trinajstić information content (AvgIpc) is 2.12. The Morgan fingerprint density at radius 1 is 1.19 bits per heavy atom. The van der Waals surface area contributed by atoms with Crippen LogP contribution in [0.25, 0.3) is 0 Å². The monoisotopic (exact) mass is 245 g/mol. The van der Waals surface area contributed by atoms with Crippen LogP contribution in [0.5, 0.6) is 0 Å². The predicted octanol–water partition coefficient (Wildman–Crippen LogP) is 2.09. The maximum atomic E-state index is 11.3. The van der Waals surface area contributed by atoms with Crippen LogP contribution in [0.15, 0.2) is 0 Å². The lowest BCUT2D eigenvalue weighted by molar-refractivity contribution is 0.00864. The molecule has 0 bridgehead atoms. The van der Waals surface area contributed by atoms with Crippen molar-refractivity contribution in [3.05, 3.63) is 0 Å². The van der Waals surface area contributed by atoms with Gasteiger partial charge in [0.25, 0.3) is 0 Å². The summed E-state index contributed by atoms with van der Waals surface area (Å²) in [4.78, 5) is 0. The van der Waals surface area contributed by atoms with Gasteiger partial charge in [-0.1, -0.05) is 13.8 Å². The first-order valence-electron chi connectivity index (χ1n) is 6.28. The Bertz CT molecular complexity index is 345. The first kappa shape index (κ1) is 12.4. The lowest BCUT2D eigenvalue weighted by atomic mass is 9.65. The molecular weight excluding hydrogens is 222 g/mol. The van der Waals surface area contributed by atoms with Crippen LogP contribution in [0.1, 0.15) is 39.5 Å². The van der Waals surface area contributed by atoms with E-state index in [9.17, 15) is 8.42 Å². The second-order valence-electron chi connectivity index (χ2n) is 6.11. The standard InChI is InChI=1S/C12H23NO2S/c1-10(2)11-4-6-12(7-5-11)8-13(9-12)16(3,14)15/h10-11H,4-9H2,1-3H3. The molecule has 94 valence electrons. The van der Waals surface area contributed by atoms with Crippen molar-refractivity contribution in [1.29, 1.82) is 0 Å². The van der Waals surface area contributed by atoms with E-state index in [1.807, 2.05) is 0 Å². The third kappa shape index (κ3) is 2.28. The predicted molar refractivity (Wildman–Crippen MR) is 65.6 cm³/mol. The fourth-order valence-electron chi connectivity index (χ4n) is 3.17. The van der Waals surface area contributed by atoms with Crippen molar-refractivity contribution in [2.75, 3.05) is 19.3 Å². The molecule has 0 unspecified atom stereocenters. The molecule has 2 fully saturated rings. The van der Waals surface area contributed by atoms with E-state index in [2.05, 4.69) is 13.8 Å². The lowest BCUT2D eigenvalue weighted by Gasteiger charge is -2.52. The molecule has 1 heterocycles. The summed E-state index contributed by atoms with van der Waals surface area (Å²) in [5.74, 6) is 1.64. The minimum atomic E-state index is -2.94. The van der Waals surface area contributed by atoms with Gasteiger partial charge in [0.05, 0.1) is 6.26 Å². The van der Waals surface area contributed by atoms with E-state index >= 15 is 0 Å². The fourth-order valence-corrected chi connectivity index (χ4v) is 4.19. The summed E-state index contributed by atoms with van der Waals surface area (Å²) in [5.41, 5.74) is 0.342. The summed E-state index contributed by atoms with van der Waals surface area (Å²) in [6.45, 7) is 6.14. The van der Waals surface area contributed by atoms with Gasteiger partial charge in [0.2, 0.25) is 10.0 Å². The maximum Gasteiger partial charge on any atom is 0.211 e. The number of hydrogen-bond donors (Lipinski definition) is 0. The van der Waals surface area contributed by atoms with Gasteiger partial charge in [0.1, 0.15) is 0 Å². The Morgan fingerprint density at radius 3 is 2.06 bits per heavy atom. The minimum Gasteiger partial charge on any atom is -0.213 e. The molecule has 2 aliphatic rings. The second-order valence-corrected chi connectivity index (χ2v) is 8.09. The molecule has 0 aromatic rings. The number of rotatable bonds is 2. The van der Waals surface area contributed by atoms with E-state index in [0.717, 1.165) is 24.9 Å². The summed E-state index contributed by atoms with van der Waals surface area (Å²) >= 11 is 0. The molecule has 1 aliphatic heterocycles. The van der Waals surface area contributed by atoms with Crippen LogP contribution in [0.2, 0.25) is 0 Å². The molecule has 2 rings (SSSR count). The van der Waals surface area contributed by atoms with Crippen molar-refractivity contribution >= 4 is 10.0 Å². The van der Waals surface area contributed by atoms with Gasteiger partial charge < -0.3 is 0 Å². The summed E-state index contributed by atoms with van der Waals surface area (Å²) in [7, 11) is -2.94. The van der Waals surface area contributed by atoms with Crippen LogP contribution in [0.3, 0.4) is 0 Å². The van der Waals surface area contributed by atoms with Gasteiger partial charge >= 0.3 is 0 Å². The van der Waals surface area contributed by atoms with E-state index in [0.29, 0.717) is 5.41 Å². The highest BCUT2D eigenvalue weighted by atomic mass is 32.2. The normalized spacial score (nSPS) is 27.2. The highest BCUT2D eigenvalue weighted by Gasteiger charge is 2.48. The highest BCUT2D eigenvalue weighted by molar-refractivity contribution is 7.88. The second kappa shape index (κ2) is 3.98. The molecule has 0 aromatic carbocycles. The van der Waals surface area contributed by atoms with E-state index in [-0.39, 0.29) is 0 Å². The zero-order chi connectivity index (χ0) is 12.0. The Hall–Kier alpha value is -0.0900. The van der Waals surface area contributed by atoms with Gasteiger partial charge in [-0.3, -0.25) is 0 Å². The summed E-state index contributed by atoms with van der Waals surface area (Å²) < 4.78 is 24.3. The number of sulfonamides is 1. The van der Waals surface area contributed by atoms with Crippen LogP contribution in [-0.2, 0) is 10.0 Å². The summed E-state index contributed by atoms with van der Waals surface area (Å²) in [5, 5.41) is 0. The van der Waals surface area contributed by atoms with Gasteiger partial charge in [0.15, 0.2) is 0 Å². The van der Waals surface area contributed by atoms with Crippen molar-refractivity contribution in [2.24, 2.45) is 17.3 Å². The molecule has 16 heavy (non-hydrogen) atoms. The van der Waals surface area contributed by atoms with Crippen molar-refractivity contribution in [3.8, 4) is 0 Å². The highest BCUT2D eigenvalue weighted by Crippen LogP contribution is 2.47. The molecule has 1 aliphatic carbocycles. The van der Waals surface area contributed by atoms with Crippen LogP contribution in [0, 0.1) is 17.3 Å². The van der Waals surface area contributed by atoms with Crippen LogP contribution in [0.4, 0.5) is 0 Å². The zero-order valence-corrected chi connectivity index (χ0v) is 11.4. The van der Waals surface area contributed by atoms with Crippen molar-refractivity contribution < 1.29 is 8.42 Å². The molecule has 0 radical (unpaired) electrons. The van der Waals surface area contributed by atoms with Gasteiger partial charge in [-0.25, -0.2) is 12.7 Å². The Balaban J connectivity index is 1.88. The molecule has 4 heteroatoms.